The lowest BCUT2D eigenvalue weighted by atomic mass is 9.76. The van der Waals surface area contributed by atoms with Crippen molar-refractivity contribution in [2.24, 2.45) is 5.92 Å². The summed E-state index contributed by atoms with van der Waals surface area (Å²) in [5.74, 6) is -1.47. The molecule has 12 heteroatoms. The first-order valence-electron chi connectivity index (χ1n) is 10.9. The zero-order valence-corrected chi connectivity index (χ0v) is 18.1. The number of nitrogens with one attached hydrogen (secondary N) is 1. The summed E-state index contributed by atoms with van der Waals surface area (Å²) >= 11 is 0. The van der Waals surface area contributed by atoms with Crippen molar-refractivity contribution in [2.75, 3.05) is 11.9 Å². The van der Waals surface area contributed by atoms with Gasteiger partial charge in [0.05, 0.1) is 24.0 Å². The van der Waals surface area contributed by atoms with Gasteiger partial charge in [0.1, 0.15) is 5.69 Å². The molecule has 1 amide bonds. The Morgan fingerprint density at radius 2 is 1.94 bits per heavy atom. The number of fused-ring (bicyclic) bond motifs is 3. The van der Waals surface area contributed by atoms with Crippen LogP contribution in [-0.2, 0) is 6.18 Å². The number of alkyl halides is 3. The van der Waals surface area contributed by atoms with Gasteiger partial charge < -0.3 is 10.2 Å². The summed E-state index contributed by atoms with van der Waals surface area (Å²) < 4.78 is 53.0. The fourth-order valence-corrected chi connectivity index (χ4v) is 4.80. The van der Waals surface area contributed by atoms with Crippen molar-refractivity contribution < 1.29 is 22.4 Å². The molecule has 8 nitrogen and oxygen atoms in total. The quantitative estimate of drug-likeness (QED) is 0.580. The van der Waals surface area contributed by atoms with Gasteiger partial charge in [-0.25, -0.2) is 14.4 Å². The molecule has 178 valence electrons. The van der Waals surface area contributed by atoms with Crippen LogP contribution in [0.1, 0.15) is 41.0 Å². The number of pyridine rings is 2. The summed E-state index contributed by atoms with van der Waals surface area (Å²) in [6.07, 6.45) is 1.18. The first-order valence-corrected chi connectivity index (χ1v) is 10.9. The van der Waals surface area contributed by atoms with E-state index in [1.165, 1.54) is 17.2 Å². The standard InChI is InChI=1S/C22H21F4N7O/c1-12-2-4-18(33-28-6-7-29-33)19(30-12)21(34)32-11-13-3-5-17(32)16(8-13)31-20-15(23)9-14(10-27-20)22(24,25)26/h2,4,6-7,9-10,13,16-17H,3,5,8,11H2,1H3,(H,27,31). The normalized spacial score (nSPS) is 22.1. The molecule has 3 atom stereocenters. The fraction of sp³-hybridized carbons (Fsp3) is 0.409. The Morgan fingerprint density at radius 3 is 2.62 bits per heavy atom. The summed E-state index contributed by atoms with van der Waals surface area (Å²) in [7, 11) is 0. The highest BCUT2D eigenvalue weighted by atomic mass is 19.4. The maximum Gasteiger partial charge on any atom is 0.417 e. The molecule has 0 spiro atoms. The van der Waals surface area contributed by atoms with Crippen LogP contribution in [0.4, 0.5) is 23.4 Å². The number of aromatic nitrogens is 5. The number of hydrogen-bond donors (Lipinski definition) is 1. The zero-order chi connectivity index (χ0) is 24.0. The first-order chi connectivity index (χ1) is 16.2. The van der Waals surface area contributed by atoms with Gasteiger partial charge >= 0.3 is 6.18 Å². The number of halogens is 4. The minimum atomic E-state index is -4.68. The highest BCUT2D eigenvalue weighted by Crippen LogP contribution is 2.38. The van der Waals surface area contributed by atoms with Crippen LogP contribution >= 0.6 is 0 Å². The molecule has 2 aliphatic heterocycles. The van der Waals surface area contributed by atoms with E-state index in [1.807, 2.05) is 0 Å². The summed E-state index contributed by atoms with van der Waals surface area (Å²) in [6, 6.07) is 3.28. The van der Waals surface area contributed by atoms with Gasteiger partial charge in [-0.05, 0) is 50.3 Å². The van der Waals surface area contributed by atoms with Crippen LogP contribution < -0.4 is 5.32 Å². The molecule has 1 aliphatic carbocycles. The third-order valence-corrected chi connectivity index (χ3v) is 6.38. The van der Waals surface area contributed by atoms with Crippen LogP contribution in [0.5, 0.6) is 0 Å². The number of nitrogens with zero attached hydrogens (tertiary/aromatic N) is 6. The number of piperidine rings is 2. The third-order valence-electron chi connectivity index (χ3n) is 6.38. The average molecular weight is 475 g/mol. The number of rotatable bonds is 4. The monoisotopic (exact) mass is 475 g/mol. The summed E-state index contributed by atoms with van der Waals surface area (Å²) in [5.41, 5.74) is 0.165. The molecule has 3 fully saturated rings. The molecular weight excluding hydrogens is 454 g/mol. The molecule has 34 heavy (non-hydrogen) atoms. The van der Waals surface area contributed by atoms with Gasteiger partial charge in [-0.3, -0.25) is 4.79 Å². The molecular formula is C22H21F4N7O. The molecule has 2 bridgehead atoms. The second kappa shape index (κ2) is 8.33. The van der Waals surface area contributed by atoms with Gasteiger partial charge in [-0.15, -0.1) is 4.80 Å². The number of hydrogen-bond acceptors (Lipinski definition) is 6. The predicted octanol–water partition coefficient (Wildman–Crippen LogP) is 3.63. The molecule has 1 N–H and O–H groups in total. The van der Waals surface area contributed by atoms with Crippen LogP contribution in [0.3, 0.4) is 0 Å². The van der Waals surface area contributed by atoms with Crippen LogP contribution in [0.15, 0.2) is 36.8 Å². The van der Waals surface area contributed by atoms with Crippen molar-refractivity contribution in [1.82, 2.24) is 29.9 Å². The zero-order valence-electron chi connectivity index (χ0n) is 18.1. The van der Waals surface area contributed by atoms with Crippen molar-refractivity contribution in [3.63, 3.8) is 0 Å². The van der Waals surface area contributed by atoms with Crippen LogP contribution in [0, 0.1) is 18.7 Å². The first kappa shape index (κ1) is 22.2. The topological polar surface area (TPSA) is 88.8 Å². The Hall–Kier alpha value is -3.57. The number of carbonyl (C=O) groups is 1. The second-order valence-electron chi connectivity index (χ2n) is 8.65. The number of amides is 1. The Balaban J connectivity index is 1.42. The van der Waals surface area contributed by atoms with E-state index < -0.39 is 17.6 Å². The van der Waals surface area contributed by atoms with E-state index in [2.05, 4.69) is 25.5 Å². The molecule has 3 aromatic rings. The maximum atomic E-state index is 14.4. The van der Waals surface area contributed by atoms with Crippen LogP contribution in [-0.4, -0.2) is 54.4 Å². The fourth-order valence-electron chi connectivity index (χ4n) is 4.80. The van der Waals surface area contributed by atoms with E-state index in [0.717, 1.165) is 6.42 Å². The number of aryl methyl sites for hydroxylation is 1. The average Bonchev–Trinajstić information content (AvgIpc) is 3.34. The maximum absolute atomic E-state index is 14.4. The summed E-state index contributed by atoms with van der Waals surface area (Å²) in [4.78, 5) is 24.8. The van der Waals surface area contributed by atoms with Crippen molar-refractivity contribution in [2.45, 2.75) is 44.4 Å². The molecule has 3 aliphatic rings. The number of carbonyl (C=O) groups excluding carboxylic acids is 1. The SMILES string of the molecule is Cc1ccc(-n2nccn2)c(C(=O)N2CC3CCC2C(Nc2ncc(C(F)(F)F)cc2F)C3)n1. The smallest absolute Gasteiger partial charge is 0.363 e. The molecule has 3 unspecified atom stereocenters. The van der Waals surface area contributed by atoms with E-state index in [0.29, 0.717) is 43.0 Å². The van der Waals surface area contributed by atoms with Gasteiger partial charge in [-0.1, -0.05) is 0 Å². The van der Waals surface area contributed by atoms with E-state index in [9.17, 15) is 22.4 Å². The number of anilines is 1. The second-order valence-corrected chi connectivity index (χ2v) is 8.65. The van der Waals surface area contributed by atoms with Gasteiger partial charge in [0.15, 0.2) is 17.3 Å². The Morgan fingerprint density at radius 1 is 1.18 bits per heavy atom. The largest absolute Gasteiger partial charge is 0.417 e. The van der Waals surface area contributed by atoms with E-state index in [4.69, 9.17) is 0 Å². The molecule has 5 heterocycles. The van der Waals surface area contributed by atoms with Crippen molar-refractivity contribution in [3.8, 4) is 5.69 Å². The van der Waals surface area contributed by atoms with Crippen LogP contribution in [0.2, 0.25) is 0 Å². The summed E-state index contributed by atoms with van der Waals surface area (Å²) in [5, 5.41) is 11.2. The minimum absolute atomic E-state index is 0.167. The Kier molecular flexibility index (Phi) is 5.45. The third kappa shape index (κ3) is 4.08. The minimum Gasteiger partial charge on any atom is -0.363 e. The lowest BCUT2D eigenvalue weighted by molar-refractivity contribution is -0.138. The highest BCUT2D eigenvalue weighted by Gasteiger charge is 2.44. The van der Waals surface area contributed by atoms with Gasteiger partial charge in [-0.2, -0.15) is 23.4 Å². The molecule has 0 radical (unpaired) electrons. The molecule has 1 saturated carbocycles. The van der Waals surface area contributed by atoms with Crippen molar-refractivity contribution >= 4 is 11.7 Å². The van der Waals surface area contributed by atoms with Crippen molar-refractivity contribution in [3.05, 3.63) is 59.6 Å². The molecule has 2 saturated heterocycles. The molecule has 3 aromatic heterocycles. The van der Waals surface area contributed by atoms with E-state index in [1.54, 1.807) is 24.0 Å². The van der Waals surface area contributed by atoms with Crippen molar-refractivity contribution in [1.29, 1.82) is 0 Å². The lowest BCUT2D eigenvalue weighted by Gasteiger charge is -2.50. The Labute approximate surface area is 192 Å². The van der Waals surface area contributed by atoms with Crippen LogP contribution in [0.25, 0.3) is 5.69 Å². The van der Waals surface area contributed by atoms with Gasteiger partial charge in [0, 0.05) is 24.5 Å². The Bertz CT molecular complexity index is 1210. The highest BCUT2D eigenvalue weighted by molar-refractivity contribution is 5.96. The van der Waals surface area contributed by atoms with E-state index in [-0.39, 0.29) is 35.4 Å². The molecule has 6 rings (SSSR count). The summed E-state index contributed by atoms with van der Waals surface area (Å²) in [6.45, 7) is 2.30. The van der Waals surface area contributed by atoms with Gasteiger partial charge in [0.25, 0.3) is 5.91 Å². The predicted molar refractivity (Wildman–Crippen MR) is 113 cm³/mol. The lowest BCUT2D eigenvalue weighted by Crippen LogP contribution is -2.60. The van der Waals surface area contributed by atoms with E-state index >= 15 is 0 Å². The molecule has 0 aromatic carbocycles. The van der Waals surface area contributed by atoms with Gasteiger partial charge in [0.2, 0.25) is 0 Å².